The highest BCUT2D eigenvalue weighted by atomic mass is 19.4. The lowest BCUT2D eigenvalue weighted by atomic mass is 10.1. The zero-order valence-corrected chi connectivity index (χ0v) is 18.3. The first-order valence-corrected chi connectivity index (χ1v) is 10.5. The Kier molecular flexibility index (Phi) is 4.97. The van der Waals surface area contributed by atoms with Gasteiger partial charge >= 0.3 is 12.2 Å². The number of anilines is 2. The fraction of sp³-hybridized carbons (Fsp3) is 0.120. The van der Waals surface area contributed by atoms with Crippen molar-refractivity contribution in [3.05, 3.63) is 84.3 Å². The van der Waals surface area contributed by atoms with E-state index >= 15 is 0 Å². The number of nitrogens with one attached hydrogen (secondary N) is 3. The zero-order valence-electron chi connectivity index (χ0n) is 20.3. The molecule has 5 rings (SSSR count). The van der Waals surface area contributed by atoms with Gasteiger partial charge in [0.1, 0.15) is 11.4 Å². The smallest absolute Gasteiger partial charge is 0.416 e. The summed E-state index contributed by atoms with van der Waals surface area (Å²) in [5.74, 6) is 0.0640. The van der Waals surface area contributed by atoms with Gasteiger partial charge in [0.15, 0.2) is 0 Å². The van der Waals surface area contributed by atoms with Gasteiger partial charge in [0, 0.05) is 35.9 Å². The summed E-state index contributed by atoms with van der Waals surface area (Å²) < 4.78 is 63.7. The van der Waals surface area contributed by atoms with Gasteiger partial charge in [-0.15, -0.1) is 0 Å². The van der Waals surface area contributed by atoms with Crippen molar-refractivity contribution >= 4 is 39.3 Å². The Balaban J connectivity index is 1.46. The third kappa shape index (κ3) is 4.37. The highest BCUT2D eigenvalue weighted by Crippen LogP contribution is 2.35. The van der Waals surface area contributed by atoms with Crippen molar-refractivity contribution in [3.8, 4) is 5.75 Å². The lowest BCUT2D eigenvalue weighted by Crippen LogP contribution is -2.20. The molecule has 0 fully saturated rings. The quantitative estimate of drug-likeness (QED) is 0.278. The van der Waals surface area contributed by atoms with E-state index in [0.717, 1.165) is 18.2 Å². The maximum Gasteiger partial charge on any atom is 0.416 e. The second-order valence-corrected chi connectivity index (χ2v) is 7.63. The van der Waals surface area contributed by atoms with Crippen LogP contribution in [0.5, 0.6) is 5.75 Å². The van der Waals surface area contributed by atoms with Gasteiger partial charge in [-0.3, -0.25) is 0 Å². The van der Waals surface area contributed by atoms with Crippen molar-refractivity contribution in [2.75, 3.05) is 17.7 Å². The van der Waals surface area contributed by atoms with Gasteiger partial charge in [-0.1, -0.05) is 6.07 Å². The number of benzene rings is 2. The number of nitrogens with zero attached hydrogens (tertiary/aromatic N) is 2. The zero-order chi connectivity index (χ0) is 26.4. The third-order valence-corrected chi connectivity index (χ3v) is 5.46. The summed E-state index contributed by atoms with van der Waals surface area (Å²) >= 11 is 0. The first-order chi connectivity index (χ1) is 17.6. The fourth-order valence-electron chi connectivity index (χ4n) is 3.82. The van der Waals surface area contributed by atoms with E-state index in [0.29, 0.717) is 33.2 Å². The van der Waals surface area contributed by atoms with E-state index in [1.165, 1.54) is 17.9 Å². The summed E-state index contributed by atoms with van der Waals surface area (Å²) in [4.78, 5) is 19.9. The van der Waals surface area contributed by atoms with E-state index in [2.05, 4.69) is 20.6 Å². The van der Waals surface area contributed by atoms with Crippen LogP contribution >= 0.6 is 0 Å². The van der Waals surface area contributed by atoms with E-state index in [9.17, 15) is 18.0 Å². The van der Waals surface area contributed by atoms with Gasteiger partial charge in [-0.25, -0.2) is 9.78 Å². The number of urea groups is 1. The predicted octanol–water partition coefficient (Wildman–Crippen LogP) is 6.24. The SMILES string of the molecule is [2H]C([2H])(c1ccnc2[nH]ccc12)n1ccc2c(NC(=O)Nc3cc(C(F)(F)F)ccc3OC)cccc21. The number of pyridine rings is 1. The summed E-state index contributed by atoms with van der Waals surface area (Å²) in [5, 5.41) is 6.21. The van der Waals surface area contributed by atoms with Crippen LogP contribution in [0.25, 0.3) is 21.9 Å². The standard InChI is InChI=1S/C25H20F3N5O2/c1-35-22-6-5-16(25(26,27)28)13-20(22)32-24(34)31-19-3-2-4-21-18(19)9-12-33(21)14-15-7-10-29-23-17(15)8-11-30-23/h2-13H,14H2,1H3,(H,29,30)(H2,31,32,34)/i14D2. The van der Waals surface area contributed by atoms with Gasteiger partial charge in [-0.05, 0) is 54.1 Å². The maximum atomic E-state index is 13.1. The minimum absolute atomic E-state index is 0.0640. The van der Waals surface area contributed by atoms with Crippen molar-refractivity contribution in [1.29, 1.82) is 0 Å². The second kappa shape index (κ2) is 8.71. The predicted molar refractivity (Wildman–Crippen MR) is 128 cm³/mol. The Labute approximate surface area is 200 Å². The number of rotatable bonds is 5. The molecule has 2 aromatic carbocycles. The minimum atomic E-state index is -4.59. The number of alkyl halides is 3. The molecule has 7 nitrogen and oxygen atoms in total. The van der Waals surface area contributed by atoms with Crippen molar-refractivity contribution in [2.24, 2.45) is 0 Å². The molecule has 0 saturated heterocycles. The van der Waals surface area contributed by atoms with Gasteiger partial charge in [0.05, 0.1) is 32.3 Å². The molecule has 178 valence electrons. The van der Waals surface area contributed by atoms with Crippen LogP contribution in [-0.2, 0) is 12.7 Å². The van der Waals surface area contributed by atoms with Crippen molar-refractivity contribution in [1.82, 2.24) is 14.5 Å². The molecule has 2 amide bonds. The monoisotopic (exact) mass is 481 g/mol. The number of amides is 2. The lowest BCUT2D eigenvalue weighted by Gasteiger charge is -2.14. The molecule has 5 aromatic rings. The van der Waals surface area contributed by atoms with Crippen LogP contribution in [0.15, 0.2) is 73.2 Å². The van der Waals surface area contributed by atoms with Crippen LogP contribution in [0, 0.1) is 0 Å². The van der Waals surface area contributed by atoms with Crippen LogP contribution in [0.4, 0.5) is 29.3 Å². The number of halogens is 3. The molecule has 35 heavy (non-hydrogen) atoms. The molecule has 0 aliphatic heterocycles. The summed E-state index contributed by atoms with van der Waals surface area (Å²) in [7, 11) is 1.28. The minimum Gasteiger partial charge on any atom is -0.495 e. The maximum absolute atomic E-state index is 13.1. The van der Waals surface area contributed by atoms with Crippen molar-refractivity contribution < 1.29 is 25.4 Å². The van der Waals surface area contributed by atoms with Crippen LogP contribution < -0.4 is 15.4 Å². The number of fused-ring (bicyclic) bond motifs is 2. The van der Waals surface area contributed by atoms with Crippen molar-refractivity contribution in [2.45, 2.75) is 12.7 Å². The van der Waals surface area contributed by atoms with E-state index < -0.39 is 24.3 Å². The molecule has 3 heterocycles. The lowest BCUT2D eigenvalue weighted by molar-refractivity contribution is -0.137. The molecular formula is C25H20F3N5O2. The van der Waals surface area contributed by atoms with Gasteiger partial charge in [0.2, 0.25) is 0 Å². The molecule has 0 radical (unpaired) electrons. The number of ether oxygens (including phenoxy) is 1. The molecule has 0 saturated carbocycles. The number of hydrogen-bond acceptors (Lipinski definition) is 3. The van der Waals surface area contributed by atoms with Crippen molar-refractivity contribution in [3.63, 3.8) is 0 Å². The molecule has 0 bridgehead atoms. The molecule has 3 N–H and O–H groups in total. The number of methoxy groups -OCH3 is 1. The van der Waals surface area contributed by atoms with E-state index in [4.69, 9.17) is 7.48 Å². The molecule has 0 aliphatic rings. The van der Waals surface area contributed by atoms with E-state index in [1.54, 1.807) is 48.8 Å². The Bertz CT molecular complexity index is 1630. The van der Waals surface area contributed by atoms with Crippen LogP contribution in [-0.4, -0.2) is 27.7 Å². The first kappa shape index (κ1) is 20.0. The molecule has 0 atom stereocenters. The fourth-order valence-corrected chi connectivity index (χ4v) is 3.82. The first-order valence-electron chi connectivity index (χ1n) is 11.5. The molecular weight excluding hydrogens is 459 g/mol. The second-order valence-electron chi connectivity index (χ2n) is 7.63. The number of carbonyl (C=O) groups is 1. The molecule has 10 heteroatoms. The highest BCUT2D eigenvalue weighted by Gasteiger charge is 2.31. The Morgan fingerprint density at radius 1 is 1.11 bits per heavy atom. The van der Waals surface area contributed by atoms with Gasteiger partial charge < -0.3 is 24.9 Å². The molecule has 0 spiro atoms. The average Bonchev–Trinajstić information content (AvgIpc) is 3.51. The average molecular weight is 481 g/mol. The number of aromatic amines is 1. The van der Waals surface area contributed by atoms with E-state index in [-0.39, 0.29) is 11.4 Å². The summed E-state index contributed by atoms with van der Waals surface area (Å²) in [6.07, 6.45) is 0.193. The number of H-pyrrole nitrogens is 1. The van der Waals surface area contributed by atoms with Crippen LogP contribution in [0.3, 0.4) is 0 Å². The largest absolute Gasteiger partial charge is 0.495 e. The Morgan fingerprint density at radius 3 is 2.74 bits per heavy atom. The molecule has 0 unspecified atom stereocenters. The van der Waals surface area contributed by atoms with Crippen LogP contribution in [0.1, 0.15) is 13.9 Å². The number of carbonyl (C=O) groups excluding carboxylic acids is 1. The number of aromatic nitrogens is 3. The molecule has 3 aromatic heterocycles. The third-order valence-electron chi connectivity index (χ3n) is 5.46. The van der Waals surface area contributed by atoms with Gasteiger partial charge in [0.25, 0.3) is 0 Å². The van der Waals surface area contributed by atoms with Crippen LogP contribution in [0.2, 0.25) is 0 Å². The van der Waals surface area contributed by atoms with E-state index in [1.807, 2.05) is 0 Å². The molecule has 0 aliphatic carbocycles. The summed E-state index contributed by atoms with van der Waals surface area (Å²) in [6.45, 7) is -1.96. The Hall–Kier alpha value is -4.47. The topological polar surface area (TPSA) is 84.0 Å². The summed E-state index contributed by atoms with van der Waals surface area (Å²) in [6, 6.07) is 12.0. The van der Waals surface area contributed by atoms with Gasteiger partial charge in [-0.2, -0.15) is 13.2 Å². The highest BCUT2D eigenvalue weighted by molar-refractivity contribution is 6.06. The normalized spacial score (nSPS) is 12.9. The Morgan fingerprint density at radius 2 is 1.94 bits per heavy atom. The number of hydrogen-bond donors (Lipinski definition) is 3. The summed E-state index contributed by atoms with van der Waals surface area (Å²) in [5.41, 5.74) is 0.726.